The molecule has 244 valence electrons. The number of aryl methyl sites for hydroxylation is 3. The summed E-state index contributed by atoms with van der Waals surface area (Å²) in [5.74, 6) is -0.835. The summed E-state index contributed by atoms with van der Waals surface area (Å²) in [6, 6.07) is 19.0. The fraction of sp³-hybridized carbons (Fsp3) is 0.441. The molecule has 1 aliphatic heterocycles. The van der Waals surface area contributed by atoms with Gasteiger partial charge in [-0.2, -0.15) is 0 Å². The summed E-state index contributed by atoms with van der Waals surface area (Å²) in [4.78, 5) is 15.4. The minimum atomic E-state index is -3.24. The van der Waals surface area contributed by atoms with E-state index in [2.05, 4.69) is 4.72 Å². The summed E-state index contributed by atoms with van der Waals surface area (Å²) in [5, 5.41) is 40.0. The number of carbonyl (C=O) groups excluding carboxylic acids is 1. The van der Waals surface area contributed by atoms with Gasteiger partial charge in [-0.1, -0.05) is 42.5 Å². The predicted octanol–water partition coefficient (Wildman–Crippen LogP) is 3.48. The minimum Gasteiger partial charge on any atom is -0.393 e. The highest BCUT2D eigenvalue weighted by Crippen LogP contribution is 2.46. The Balaban J connectivity index is 1.53. The van der Waals surface area contributed by atoms with Crippen LogP contribution in [0.4, 0.5) is 10.1 Å². The number of sulfonamides is 1. The first-order valence-corrected chi connectivity index (χ1v) is 17.1. The van der Waals surface area contributed by atoms with E-state index >= 15 is 0 Å². The third kappa shape index (κ3) is 8.96. The van der Waals surface area contributed by atoms with Gasteiger partial charge >= 0.3 is 0 Å². The van der Waals surface area contributed by atoms with Gasteiger partial charge in [0, 0.05) is 12.2 Å². The maximum Gasteiger partial charge on any atom is 0.233 e. The lowest BCUT2D eigenvalue weighted by atomic mass is 9.77. The van der Waals surface area contributed by atoms with Crippen LogP contribution in [-0.2, 0) is 27.7 Å². The van der Waals surface area contributed by atoms with Crippen molar-refractivity contribution in [2.24, 2.45) is 5.92 Å². The molecule has 4 rings (SSSR count). The predicted molar refractivity (Wildman–Crippen MR) is 171 cm³/mol. The van der Waals surface area contributed by atoms with Crippen molar-refractivity contribution in [3.63, 3.8) is 0 Å². The highest BCUT2D eigenvalue weighted by Gasteiger charge is 2.48. The number of benzene rings is 3. The molecule has 1 fully saturated rings. The van der Waals surface area contributed by atoms with E-state index in [1.54, 1.807) is 17.0 Å². The molecule has 5 N–H and O–H groups in total. The van der Waals surface area contributed by atoms with Crippen LogP contribution in [0.15, 0.2) is 66.7 Å². The van der Waals surface area contributed by atoms with Crippen molar-refractivity contribution in [1.29, 1.82) is 0 Å². The van der Waals surface area contributed by atoms with Crippen LogP contribution in [0.1, 0.15) is 65.6 Å². The van der Waals surface area contributed by atoms with Crippen LogP contribution in [-0.4, -0.2) is 66.4 Å². The Morgan fingerprint density at radius 1 is 1.00 bits per heavy atom. The van der Waals surface area contributed by atoms with Gasteiger partial charge in [0.1, 0.15) is 11.4 Å². The number of rotatable bonds is 16. The van der Waals surface area contributed by atoms with E-state index in [-0.39, 0.29) is 30.1 Å². The maximum absolute atomic E-state index is 13.6. The van der Waals surface area contributed by atoms with Crippen LogP contribution in [0.3, 0.4) is 0 Å². The monoisotopic (exact) mass is 642 g/mol. The van der Waals surface area contributed by atoms with E-state index in [4.69, 9.17) is 0 Å². The SMILES string of the molecule is Cc1cc([C@@H]2[C@@H](CC[C@H](O)c3ccc(F)cc3)C(=O)N2c2ccc(CCCNS(C)(=O)=O)cc2)ccc1CCC(O)(CO)CO. The first kappa shape index (κ1) is 34.7. The second-order valence-electron chi connectivity index (χ2n) is 12.1. The van der Waals surface area contributed by atoms with Gasteiger partial charge in [-0.15, -0.1) is 0 Å². The Morgan fingerprint density at radius 3 is 2.27 bits per heavy atom. The largest absolute Gasteiger partial charge is 0.393 e. The van der Waals surface area contributed by atoms with E-state index in [9.17, 15) is 38.0 Å². The van der Waals surface area contributed by atoms with Crippen molar-refractivity contribution < 1.29 is 38.0 Å². The summed E-state index contributed by atoms with van der Waals surface area (Å²) in [5.41, 5.74) is 3.61. The zero-order chi connectivity index (χ0) is 32.8. The molecule has 1 saturated heterocycles. The average Bonchev–Trinajstić information content (AvgIpc) is 3.01. The first-order valence-electron chi connectivity index (χ1n) is 15.2. The molecule has 0 unspecified atom stereocenters. The summed E-state index contributed by atoms with van der Waals surface area (Å²) < 4.78 is 38.5. The van der Waals surface area contributed by atoms with Crippen molar-refractivity contribution in [1.82, 2.24) is 4.72 Å². The number of nitrogens with one attached hydrogen (secondary N) is 1. The molecule has 3 aromatic carbocycles. The standard InChI is InChI=1S/C34H43FN2O7S/c1-23-20-27(8-7-25(23)17-18-34(42,21-38)22-39)32-30(15-16-31(40)26-9-11-28(35)12-10-26)33(41)37(32)29-13-5-24(6-14-29)4-3-19-36-45(2,43)44/h5-14,20,30-32,36,38-40,42H,3-4,15-19,21-22H2,1-2H3/t30-,31+,32-/m1/s1. The second kappa shape index (κ2) is 14.9. The fourth-order valence-electron chi connectivity index (χ4n) is 5.82. The van der Waals surface area contributed by atoms with Gasteiger partial charge in [0.2, 0.25) is 15.9 Å². The summed E-state index contributed by atoms with van der Waals surface area (Å²) in [7, 11) is -3.24. The number of halogens is 1. The molecule has 0 bridgehead atoms. The molecule has 0 radical (unpaired) electrons. The molecule has 0 aliphatic carbocycles. The van der Waals surface area contributed by atoms with E-state index in [1.807, 2.05) is 49.4 Å². The molecule has 3 aromatic rings. The number of carbonyl (C=O) groups is 1. The normalized spacial score (nSPS) is 17.8. The molecule has 9 nitrogen and oxygen atoms in total. The molecule has 1 amide bonds. The third-order valence-corrected chi connectivity index (χ3v) is 9.33. The lowest BCUT2D eigenvalue weighted by Gasteiger charge is -2.48. The molecule has 1 heterocycles. The van der Waals surface area contributed by atoms with Crippen molar-refractivity contribution in [2.75, 3.05) is 30.9 Å². The number of hydrogen-bond donors (Lipinski definition) is 5. The van der Waals surface area contributed by atoms with E-state index < -0.39 is 34.9 Å². The van der Waals surface area contributed by atoms with Crippen LogP contribution >= 0.6 is 0 Å². The van der Waals surface area contributed by atoms with Gasteiger partial charge in [0.25, 0.3) is 0 Å². The molecule has 0 aromatic heterocycles. The Kier molecular flexibility index (Phi) is 11.5. The van der Waals surface area contributed by atoms with Crippen LogP contribution in [0.5, 0.6) is 0 Å². The third-order valence-electron chi connectivity index (χ3n) is 8.60. The van der Waals surface area contributed by atoms with Gasteiger partial charge in [-0.05, 0) is 97.5 Å². The number of β-lactam (4-membered cyclic amide) rings is 1. The average molecular weight is 643 g/mol. The topological polar surface area (TPSA) is 147 Å². The van der Waals surface area contributed by atoms with Crippen molar-refractivity contribution in [3.05, 3.63) is 100 Å². The Bertz CT molecular complexity index is 1540. The van der Waals surface area contributed by atoms with Crippen LogP contribution in [0.25, 0.3) is 0 Å². The van der Waals surface area contributed by atoms with E-state index in [0.29, 0.717) is 44.2 Å². The van der Waals surface area contributed by atoms with Crippen LogP contribution in [0, 0.1) is 18.7 Å². The molecule has 0 saturated carbocycles. The zero-order valence-electron chi connectivity index (χ0n) is 25.7. The van der Waals surface area contributed by atoms with Gasteiger partial charge in [-0.3, -0.25) is 4.79 Å². The first-order chi connectivity index (χ1) is 21.3. The summed E-state index contributed by atoms with van der Waals surface area (Å²) in [6.45, 7) is 1.21. The van der Waals surface area contributed by atoms with Gasteiger partial charge in [0.15, 0.2) is 0 Å². The van der Waals surface area contributed by atoms with Crippen LogP contribution in [0.2, 0.25) is 0 Å². The van der Waals surface area contributed by atoms with Crippen molar-refractivity contribution >= 4 is 21.6 Å². The number of hydrogen-bond acceptors (Lipinski definition) is 7. The van der Waals surface area contributed by atoms with Crippen molar-refractivity contribution in [3.8, 4) is 0 Å². The minimum absolute atomic E-state index is 0.0610. The number of anilines is 1. The van der Waals surface area contributed by atoms with Crippen LogP contribution < -0.4 is 9.62 Å². The molecule has 1 aliphatic rings. The molecule has 0 spiro atoms. The molecule has 3 atom stereocenters. The molecular formula is C34H43FN2O7S. The Labute approximate surface area is 264 Å². The Morgan fingerprint density at radius 2 is 1.67 bits per heavy atom. The van der Waals surface area contributed by atoms with Crippen molar-refractivity contribution in [2.45, 2.75) is 63.2 Å². The maximum atomic E-state index is 13.6. The fourth-order valence-corrected chi connectivity index (χ4v) is 6.34. The van der Waals surface area contributed by atoms with Gasteiger partial charge < -0.3 is 25.3 Å². The summed E-state index contributed by atoms with van der Waals surface area (Å²) >= 11 is 0. The molecule has 45 heavy (non-hydrogen) atoms. The Hall–Kier alpha value is -3.19. The zero-order valence-corrected chi connectivity index (χ0v) is 26.5. The highest BCUT2D eigenvalue weighted by molar-refractivity contribution is 7.88. The highest BCUT2D eigenvalue weighted by atomic mass is 32.2. The number of aliphatic hydroxyl groups is 4. The van der Waals surface area contributed by atoms with E-state index in [0.717, 1.165) is 34.2 Å². The molecular weight excluding hydrogens is 599 g/mol. The van der Waals surface area contributed by atoms with Gasteiger partial charge in [-0.25, -0.2) is 17.5 Å². The molecule has 11 heteroatoms. The number of nitrogens with zero attached hydrogens (tertiary/aromatic N) is 1. The van der Waals surface area contributed by atoms with E-state index in [1.165, 1.54) is 12.1 Å². The lowest BCUT2D eigenvalue weighted by Crippen LogP contribution is -2.55. The number of amides is 1. The summed E-state index contributed by atoms with van der Waals surface area (Å²) in [6.07, 6.45) is 2.98. The lowest BCUT2D eigenvalue weighted by molar-refractivity contribution is -0.131. The number of aliphatic hydroxyl groups excluding tert-OH is 3. The quantitative estimate of drug-likeness (QED) is 0.119. The smallest absolute Gasteiger partial charge is 0.233 e. The second-order valence-corrected chi connectivity index (χ2v) is 13.9. The van der Waals surface area contributed by atoms with Gasteiger partial charge in [0.05, 0.1) is 37.5 Å².